The van der Waals surface area contributed by atoms with Crippen LogP contribution in [0.4, 0.5) is 5.69 Å². The number of amides is 1. The monoisotopic (exact) mass is 485 g/mol. The van der Waals surface area contributed by atoms with Crippen molar-refractivity contribution < 1.29 is 24.2 Å². The van der Waals surface area contributed by atoms with Gasteiger partial charge in [-0.05, 0) is 48.2 Å². The van der Waals surface area contributed by atoms with Gasteiger partial charge in [0.15, 0.2) is 0 Å². The Morgan fingerprint density at radius 2 is 1.53 bits per heavy atom. The number of para-hydroxylation sites is 1. The molecule has 3 aromatic rings. The van der Waals surface area contributed by atoms with E-state index in [4.69, 9.17) is 9.47 Å². The molecule has 1 atom stereocenters. The molecule has 0 spiro atoms. The molecule has 0 radical (unpaired) electrons. The van der Waals surface area contributed by atoms with Crippen LogP contribution in [-0.2, 0) is 15.0 Å². The Morgan fingerprint density at radius 3 is 2.14 bits per heavy atom. The minimum absolute atomic E-state index is 0.0201. The second kappa shape index (κ2) is 9.53. The molecule has 1 aliphatic rings. The number of anilines is 1. The van der Waals surface area contributed by atoms with Crippen molar-refractivity contribution in [2.75, 3.05) is 19.1 Å². The molecule has 0 aromatic heterocycles. The molecule has 1 fully saturated rings. The van der Waals surface area contributed by atoms with Crippen LogP contribution < -0.4 is 14.4 Å². The first kappa shape index (κ1) is 25.0. The number of benzene rings is 3. The fraction of sp³-hybridized carbons (Fsp3) is 0.267. The van der Waals surface area contributed by atoms with Gasteiger partial charge in [-0.15, -0.1) is 0 Å². The maximum absolute atomic E-state index is 13.5. The van der Waals surface area contributed by atoms with E-state index in [2.05, 4.69) is 20.8 Å². The lowest BCUT2D eigenvalue weighted by Crippen LogP contribution is -2.29. The molecule has 0 aliphatic carbocycles. The third kappa shape index (κ3) is 4.35. The van der Waals surface area contributed by atoms with Crippen LogP contribution in [0.15, 0.2) is 72.3 Å². The molecule has 1 amide bonds. The van der Waals surface area contributed by atoms with Gasteiger partial charge in [-0.25, -0.2) is 0 Å². The smallest absolute Gasteiger partial charge is 0.300 e. The lowest BCUT2D eigenvalue weighted by Gasteiger charge is -2.27. The molecular weight excluding hydrogens is 454 g/mol. The highest BCUT2D eigenvalue weighted by molar-refractivity contribution is 6.51. The van der Waals surface area contributed by atoms with Crippen LogP contribution in [0.2, 0.25) is 0 Å². The molecule has 0 bridgehead atoms. The number of hydrogen-bond acceptors (Lipinski definition) is 5. The zero-order valence-corrected chi connectivity index (χ0v) is 21.5. The molecule has 0 saturated carbocycles. The van der Waals surface area contributed by atoms with Crippen LogP contribution in [0.5, 0.6) is 11.5 Å². The fourth-order valence-corrected chi connectivity index (χ4v) is 4.56. The Balaban J connectivity index is 1.98. The second-order valence-corrected chi connectivity index (χ2v) is 9.91. The SMILES string of the molecule is COc1ccc(C)cc1/C(O)=C1\C(=O)C(=O)N(c2ccc(C(C)(C)C)cc2)C1c1ccccc1OC. The Labute approximate surface area is 211 Å². The van der Waals surface area contributed by atoms with Gasteiger partial charge in [0.05, 0.1) is 31.4 Å². The molecule has 3 aromatic carbocycles. The van der Waals surface area contributed by atoms with Crippen LogP contribution in [0.3, 0.4) is 0 Å². The van der Waals surface area contributed by atoms with Crippen molar-refractivity contribution in [2.24, 2.45) is 0 Å². The third-order valence-electron chi connectivity index (χ3n) is 6.50. The van der Waals surface area contributed by atoms with Crippen LogP contribution >= 0.6 is 0 Å². The van der Waals surface area contributed by atoms with E-state index in [1.807, 2.05) is 49.4 Å². The van der Waals surface area contributed by atoms with Gasteiger partial charge < -0.3 is 14.6 Å². The van der Waals surface area contributed by atoms with Crippen molar-refractivity contribution >= 4 is 23.1 Å². The van der Waals surface area contributed by atoms with Crippen LogP contribution in [0.1, 0.15) is 49.1 Å². The standard InChI is InChI=1S/C30H31NO5/c1-18-11-16-24(36-6)22(17-18)27(32)25-26(21-9-7-8-10-23(21)35-5)31(29(34)28(25)33)20-14-12-19(13-15-20)30(2,3)4/h7-17,26,32H,1-6H3/b27-25+. The summed E-state index contributed by atoms with van der Waals surface area (Å²) in [5.41, 5.74) is 3.37. The van der Waals surface area contributed by atoms with Crippen molar-refractivity contribution in [1.82, 2.24) is 0 Å². The predicted molar refractivity (Wildman–Crippen MR) is 141 cm³/mol. The van der Waals surface area contributed by atoms with E-state index in [0.29, 0.717) is 28.3 Å². The first-order valence-corrected chi connectivity index (χ1v) is 11.8. The number of aryl methyl sites for hydroxylation is 1. The lowest BCUT2D eigenvalue weighted by atomic mass is 9.87. The molecule has 6 heteroatoms. The summed E-state index contributed by atoms with van der Waals surface area (Å²) < 4.78 is 11.1. The van der Waals surface area contributed by atoms with Gasteiger partial charge in [0, 0.05) is 11.3 Å². The van der Waals surface area contributed by atoms with Gasteiger partial charge in [-0.1, -0.05) is 62.7 Å². The fourth-order valence-electron chi connectivity index (χ4n) is 4.56. The molecular formula is C30H31NO5. The Kier molecular flexibility index (Phi) is 6.63. The molecule has 6 nitrogen and oxygen atoms in total. The minimum atomic E-state index is -0.896. The summed E-state index contributed by atoms with van der Waals surface area (Å²) in [6, 6.07) is 19.2. The Bertz CT molecular complexity index is 1350. The lowest BCUT2D eigenvalue weighted by molar-refractivity contribution is -0.132. The maximum atomic E-state index is 13.5. The van der Waals surface area contributed by atoms with E-state index in [0.717, 1.165) is 11.1 Å². The summed E-state index contributed by atoms with van der Waals surface area (Å²) in [5.74, 6) is -0.881. The number of hydrogen-bond donors (Lipinski definition) is 1. The average molecular weight is 486 g/mol. The van der Waals surface area contributed by atoms with E-state index in [-0.39, 0.29) is 16.7 Å². The number of rotatable bonds is 5. The van der Waals surface area contributed by atoms with E-state index in [9.17, 15) is 14.7 Å². The van der Waals surface area contributed by atoms with Gasteiger partial charge in [-0.3, -0.25) is 14.5 Å². The maximum Gasteiger partial charge on any atom is 0.300 e. The van der Waals surface area contributed by atoms with E-state index < -0.39 is 17.7 Å². The zero-order chi connectivity index (χ0) is 26.2. The third-order valence-corrected chi connectivity index (χ3v) is 6.50. The highest BCUT2D eigenvalue weighted by Gasteiger charge is 2.48. The summed E-state index contributed by atoms with van der Waals surface area (Å²) in [6.45, 7) is 8.21. The average Bonchev–Trinajstić information content (AvgIpc) is 3.13. The highest BCUT2D eigenvalue weighted by Crippen LogP contribution is 2.46. The van der Waals surface area contributed by atoms with Crippen molar-refractivity contribution in [3.05, 3.63) is 94.6 Å². The number of Topliss-reactive ketones (excluding diaryl/α,β-unsaturated/α-hetero) is 1. The summed E-state index contributed by atoms with van der Waals surface area (Å²) >= 11 is 0. The van der Waals surface area contributed by atoms with Crippen molar-refractivity contribution in [1.29, 1.82) is 0 Å². The van der Waals surface area contributed by atoms with Crippen molar-refractivity contribution in [3.63, 3.8) is 0 Å². The van der Waals surface area contributed by atoms with Crippen molar-refractivity contribution in [3.8, 4) is 11.5 Å². The predicted octanol–water partition coefficient (Wildman–Crippen LogP) is 5.94. The van der Waals surface area contributed by atoms with E-state index in [1.165, 1.54) is 19.1 Å². The highest BCUT2D eigenvalue weighted by atomic mass is 16.5. The van der Waals surface area contributed by atoms with E-state index in [1.54, 1.807) is 24.3 Å². The molecule has 1 heterocycles. The topological polar surface area (TPSA) is 76.1 Å². The summed E-state index contributed by atoms with van der Waals surface area (Å²) in [6.07, 6.45) is 0. The van der Waals surface area contributed by atoms with Gasteiger partial charge in [0.1, 0.15) is 17.3 Å². The summed E-state index contributed by atoms with van der Waals surface area (Å²) in [7, 11) is 3.03. The zero-order valence-electron chi connectivity index (χ0n) is 21.5. The molecule has 1 N–H and O–H groups in total. The molecule has 4 rings (SSSR count). The Hall–Kier alpha value is -4.06. The van der Waals surface area contributed by atoms with Crippen LogP contribution in [0, 0.1) is 6.92 Å². The number of ketones is 1. The van der Waals surface area contributed by atoms with Gasteiger partial charge in [0.25, 0.3) is 11.7 Å². The first-order chi connectivity index (χ1) is 17.1. The molecule has 186 valence electrons. The Morgan fingerprint density at radius 1 is 0.889 bits per heavy atom. The second-order valence-electron chi connectivity index (χ2n) is 9.91. The normalized spacial score (nSPS) is 17.4. The largest absolute Gasteiger partial charge is 0.507 e. The number of carbonyl (C=O) groups is 2. The minimum Gasteiger partial charge on any atom is -0.507 e. The first-order valence-electron chi connectivity index (χ1n) is 11.8. The number of nitrogens with zero attached hydrogens (tertiary/aromatic N) is 1. The number of aliphatic hydroxyl groups excluding tert-OH is 1. The van der Waals surface area contributed by atoms with E-state index >= 15 is 0 Å². The van der Waals surface area contributed by atoms with Crippen LogP contribution in [-0.4, -0.2) is 31.0 Å². The molecule has 1 unspecified atom stereocenters. The quantitative estimate of drug-likeness (QED) is 0.275. The molecule has 1 aliphatic heterocycles. The summed E-state index contributed by atoms with van der Waals surface area (Å²) in [5, 5.41) is 11.5. The summed E-state index contributed by atoms with van der Waals surface area (Å²) in [4.78, 5) is 28.4. The molecule has 1 saturated heterocycles. The number of aliphatic hydroxyl groups is 1. The van der Waals surface area contributed by atoms with Gasteiger partial charge >= 0.3 is 0 Å². The van der Waals surface area contributed by atoms with Gasteiger partial charge in [0.2, 0.25) is 0 Å². The van der Waals surface area contributed by atoms with Crippen molar-refractivity contribution in [2.45, 2.75) is 39.2 Å². The number of methoxy groups -OCH3 is 2. The molecule has 36 heavy (non-hydrogen) atoms. The van der Waals surface area contributed by atoms with Crippen LogP contribution in [0.25, 0.3) is 5.76 Å². The number of ether oxygens (including phenoxy) is 2. The van der Waals surface area contributed by atoms with Gasteiger partial charge in [-0.2, -0.15) is 0 Å². The number of carbonyl (C=O) groups excluding carboxylic acids is 2.